The summed E-state index contributed by atoms with van der Waals surface area (Å²) in [6, 6.07) is 50.2. The van der Waals surface area contributed by atoms with Crippen molar-refractivity contribution in [3.05, 3.63) is 163 Å². The maximum absolute atomic E-state index is 6.41. The molecule has 232 valence electrons. The van der Waals surface area contributed by atoms with Gasteiger partial charge in [0.05, 0.1) is 17.0 Å². The SMILES string of the molecule is c1ccc(-c2nc(-c3ccccc3)nc(-n3c4ccccc4c4ccc5c(c43)CCC(c3nc4ccccc4o3)c3ccccc3-5)n2)cc1. The summed E-state index contributed by atoms with van der Waals surface area (Å²) in [6.07, 6.45) is 1.67. The summed E-state index contributed by atoms with van der Waals surface area (Å²) >= 11 is 0. The molecule has 1 aliphatic rings. The quantitative estimate of drug-likeness (QED) is 0.193. The molecular formula is C43H29N5O. The highest BCUT2D eigenvalue weighted by Gasteiger charge is 2.30. The average Bonchev–Trinajstić information content (AvgIpc) is 3.70. The number of aromatic nitrogens is 5. The van der Waals surface area contributed by atoms with Gasteiger partial charge in [0.15, 0.2) is 17.2 Å². The lowest BCUT2D eigenvalue weighted by Crippen LogP contribution is -2.07. The van der Waals surface area contributed by atoms with Gasteiger partial charge in [0.1, 0.15) is 5.52 Å². The molecule has 1 unspecified atom stereocenters. The van der Waals surface area contributed by atoms with Gasteiger partial charge in [0, 0.05) is 21.9 Å². The lowest BCUT2D eigenvalue weighted by molar-refractivity contribution is 0.487. The first-order chi connectivity index (χ1) is 24.3. The predicted octanol–water partition coefficient (Wildman–Crippen LogP) is 10.2. The molecule has 49 heavy (non-hydrogen) atoms. The summed E-state index contributed by atoms with van der Waals surface area (Å²) in [4.78, 5) is 20.3. The molecule has 9 aromatic rings. The minimum absolute atomic E-state index is 0.00965. The fourth-order valence-electron chi connectivity index (χ4n) is 7.52. The van der Waals surface area contributed by atoms with Crippen LogP contribution in [0.1, 0.15) is 29.4 Å². The van der Waals surface area contributed by atoms with E-state index in [1.807, 2.05) is 60.7 Å². The second-order valence-corrected chi connectivity index (χ2v) is 12.6. The van der Waals surface area contributed by atoms with Gasteiger partial charge in [-0.05, 0) is 53.3 Å². The van der Waals surface area contributed by atoms with Gasteiger partial charge in [0.2, 0.25) is 11.8 Å². The number of oxazole rings is 1. The van der Waals surface area contributed by atoms with Gasteiger partial charge in [-0.2, -0.15) is 9.97 Å². The van der Waals surface area contributed by atoms with Crippen molar-refractivity contribution in [3.8, 4) is 39.9 Å². The number of hydrogen-bond acceptors (Lipinski definition) is 5. The first-order valence-electron chi connectivity index (χ1n) is 16.7. The summed E-state index contributed by atoms with van der Waals surface area (Å²) in [5.74, 6) is 2.64. The maximum Gasteiger partial charge on any atom is 0.238 e. The molecule has 0 spiro atoms. The summed E-state index contributed by atoms with van der Waals surface area (Å²) in [5, 5.41) is 2.34. The number of fused-ring (bicyclic) bond motifs is 8. The molecule has 3 heterocycles. The number of aryl methyl sites for hydroxylation is 1. The normalized spacial score (nSPS) is 14.2. The highest BCUT2D eigenvalue weighted by atomic mass is 16.3. The molecule has 0 N–H and O–H groups in total. The molecule has 0 aliphatic heterocycles. The highest BCUT2D eigenvalue weighted by molar-refractivity contribution is 6.11. The first kappa shape index (κ1) is 27.7. The van der Waals surface area contributed by atoms with Crippen molar-refractivity contribution in [2.75, 3.05) is 0 Å². The van der Waals surface area contributed by atoms with Crippen molar-refractivity contribution in [1.82, 2.24) is 24.5 Å². The topological polar surface area (TPSA) is 69.6 Å². The van der Waals surface area contributed by atoms with Crippen LogP contribution in [-0.2, 0) is 6.42 Å². The summed E-state index contributed by atoms with van der Waals surface area (Å²) in [6.45, 7) is 0. The molecule has 1 aliphatic carbocycles. The zero-order valence-corrected chi connectivity index (χ0v) is 26.5. The van der Waals surface area contributed by atoms with Gasteiger partial charge in [0.25, 0.3) is 0 Å². The van der Waals surface area contributed by atoms with E-state index in [9.17, 15) is 0 Å². The van der Waals surface area contributed by atoms with Crippen LogP contribution >= 0.6 is 0 Å². The van der Waals surface area contributed by atoms with Crippen molar-refractivity contribution in [1.29, 1.82) is 0 Å². The van der Waals surface area contributed by atoms with Crippen LogP contribution in [0.25, 0.3) is 72.8 Å². The van der Waals surface area contributed by atoms with Crippen LogP contribution in [0.3, 0.4) is 0 Å². The largest absolute Gasteiger partial charge is 0.440 e. The smallest absolute Gasteiger partial charge is 0.238 e. The zero-order valence-electron chi connectivity index (χ0n) is 26.5. The van der Waals surface area contributed by atoms with E-state index in [0.29, 0.717) is 17.6 Å². The average molecular weight is 632 g/mol. The van der Waals surface area contributed by atoms with Crippen molar-refractivity contribution < 1.29 is 4.42 Å². The minimum Gasteiger partial charge on any atom is -0.440 e. The lowest BCUT2D eigenvalue weighted by Gasteiger charge is -2.15. The van der Waals surface area contributed by atoms with E-state index in [-0.39, 0.29) is 5.92 Å². The molecule has 0 amide bonds. The van der Waals surface area contributed by atoms with E-state index in [1.54, 1.807) is 0 Å². The molecule has 0 bridgehead atoms. The predicted molar refractivity (Wildman–Crippen MR) is 195 cm³/mol. The highest BCUT2D eigenvalue weighted by Crippen LogP contribution is 2.45. The third kappa shape index (κ3) is 4.49. The summed E-state index contributed by atoms with van der Waals surface area (Å²) < 4.78 is 8.67. The van der Waals surface area contributed by atoms with Gasteiger partial charge in [-0.3, -0.25) is 4.57 Å². The van der Waals surface area contributed by atoms with Crippen molar-refractivity contribution in [2.24, 2.45) is 0 Å². The first-order valence-corrected chi connectivity index (χ1v) is 16.7. The molecule has 0 fully saturated rings. The molecule has 0 saturated heterocycles. The number of hydrogen-bond donors (Lipinski definition) is 0. The lowest BCUT2D eigenvalue weighted by atomic mass is 9.91. The number of rotatable bonds is 4. The Hall–Kier alpha value is -6.40. The van der Waals surface area contributed by atoms with Gasteiger partial charge in [-0.1, -0.05) is 127 Å². The van der Waals surface area contributed by atoms with Crippen molar-refractivity contribution in [3.63, 3.8) is 0 Å². The Kier molecular flexibility index (Phi) is 6.27. The second-order valence-electron chi connectivity index (χ2n) is 12.6. The van der Waals surface area contributed by atoms with Gasteiger partial charge < -0.3 is 4.42 Å². The molecule has 10 rings (SSSR count). The van der Waals surface area contributed by atoms with E-state index in [0.717, 1.165) is 57.4 Å². The number of para-hydroxylation sites is 3. The molecule has 6 aromatic carbocycles. The summed E-state index contributed by atoms with van der Waals surface area (Å²) in [7, 11) is 0. The molecule has 3 aromatic heterocycles. The third-order valence-electron chi connectivity index (χ3n) is 9.75. The van der Waals surface area contributed by atoms with Crippen LogP contribution in [0.15, 0.2) is 150 Å². The molecule has 6 heteroatoms. The van der Waals surface area contributed by atoms with E-state index < -0.39 is 0 Å². The molecule has 1 atom stereocenters. The minimum atomic E-state index is 0.00965. The molecule has 0 saturated carbocycles. The fraction of sp³-hybridized carbons (Fsp3) is 0.0698. The zero-order chi connectivity index (χ0) is 32.3. The Morgan fingerprint density at radius 3 is 2.00 bits per heavy atom. The van der Waals surface area contributed by atoms with Crippen LogP contribution in [-0.4, -0.2) is 24.5 Å². The van der Waals surface area contributed by atoms with Crippen LogP contribution in [0.5, 0.6) is 0 Å². The van der Waals surface area contributed by atoms with E-state index in [4.69, 9.17) is 24.4 Å². The number of benzene rings is 6. The van der Waals surface area contributed by atoms with Gasteiger partial charge in [-0.25, -0.2) is 9.97 Å². The maximum atomic E-state index is 6.41. The summed E-state index contributed by atoms with van der Waals surface area (Å²) in [5.41, 5.74) is 10.7. The van der Waals surface area contributed by atoms with Crippen molar-refractivity contribution in [2.45, 2.75) is 18.8 Å². The third-order valence-corrected chi connectivity index (χ3v) is 9.75. The Balaban J connectivity index is 1.24. The standard InChI is InChI=1S/C43H29N5O/c1-3-13-27(14-4-1)40-45-41(28-15-5-2-6-16-28)47-43(46-40)48-37-21-11-9-19-32(37)34-24-23-31-29-17-7-8-18-30(29)35(26-25-33(31)39(34)48)42-44-36-20-10-12-22-38(36)49-42/h1-24,35H,25-26H2. The van der Waals surface area contributed by atoms with Gasteiger partial charge in [-0.15, -0.1) is 0 Å². The van der Waals surface area contributed by atoms with Crippen molar-refractivity contribution >= 4 is 32.9 Å². The van der Waals surface area contributed by atoms with E-state index in [2.05, 4.69) is 89.5 Å². The Morgan fingerprint density at radius 1 is 0.551 bits per heavy atom. The monoisotopic (exact) mass is 631 g/mol. The van der Waals surface area contributed by atoms with Crippen LogP contribution in [0.2, 0.25) is 0 Å². The van der Waals surface area contributed by atoms with Crippen LogP contribution in [0.4, 0.5) is 0 Å². The van der Waals surface area contributed by atoms with Crippen LogP contribution in [0, 0.1) is 0 Å². The fourth-order valence-corrected chi connectivity index (χ4v) is 7.52. The van der Waals surface area contributed by atoms with E-state index >= 15 is 0 Å². The number of nitrogens with zero attached hydrogens (tertiary/aromatic N) is 5. The van der Waals surface area contributed by atoms with E-state index in [1.165, 1.54) is 27.6 Å². The van der Waals surface area contributed by atoms with Crippen LogP contribution < -0.4 is 0 Å². The molecular weight excluding hydrogens is 603 g/mol. The Morgan fingerprint density at radius 2 is 1.22 bits per heavy atom. The van der Waals surface area contributed by atoms with Gasteiger partial charge >= 0.3 is 0 Å². The molecule has 6 nitrogen and oxygen atoms in total. The Labute approximate surface area is 282 Å². The Bertz CT molecular complexity index is 2590. The second kappa shape index (κ2) is 11.1. The molecule has 0 radical (unpaired) electrons.